The van der Waals surface area contributed by atoms with E-state index in [9.17, 15) is 9.59 Å². The minimum absolute atomic E-state index is 0.192. The first-order valence-corrected chi connectivity index (χ1v) is 9.93. The molecule has 8 nitrogen and oxygen atoms in total. The normalized spacial score (nSPS) is 13.0. The van der Waals surface area contributed by atoms with Gasteiger partial charge in [0.05, 0.1) is 17.1 Å². The molecule has 8 heteroatoms. The van der Waals surface area contributed by atoms with Gasteiger partial charge in [-0.25, -0.2) is 9.48 Å². The Kier molecular flexibility index (Phi) is 5.62. The third-order valence-electron chi connectivity index (χ3n) is 5.05. The predicted octanol–water partition coefficient (Wildman–Crippen LogP) is 3.08. The van der Waals surface area contributed by atoms with Gasteiger partial charge < -0.3 is 19.5 Å². The van der Waals surface area contributed by atoms with E-state index in [1.54, 1.807) is 31.5 Å². The molecule has 0 bridgehead atoms. The first-order valence-electron chi connectivity index (χ1n) is 9.93. The van der Waals surface area contributed by atoms with E-state index in [0.717, 1.165) is 11.3 Å². The van der Waals surface area contributed by atoms with Gasteiger partial charge >= 0.3 is 5.97 Å². The monoisotopic (exact) mass is 421 g/mol. The summed E-state index contributed by atoms with van der Waals surface area (Å²) in [5.41, 5.74) is 3.25. The number of esters is 1. The van der Waals surface area contributed by atoms with Gasteiger partial charge in [-0.05, 0) is 50.6 Å². The van der Waals surface area contributed by atoms with Crippen molar-refractivity contribution >= 4 is 11.9 Å². The highest BCUT2D eigenvalue weighted by molar-refractivity contribution is 5.94. The summed E-state index contributed by atoms with van der Waals surface area (Å²) in [4.78, 5) is 25.2. The van der Waals surface area contributed by atoms with Crippen LogP contribution in [0, 0.1) is 13.8 Å². The number of hydrogen-bond acceptors (Lipinski definition) is 6. The van der Waals surface area contributed by atoms with Gasteiger partial charge in [0.2, 0.25) is 6.79 Å². The van der Waals surface area contributed by atoms with Gasteiger partial charge in [0.25, 0.3) is 5.91 Å². The fourth-order valence-electron chi connectivity index (χ4n) is 3.42. The number of amides is 1. The topological polar surface area (TPSA) is 91.7 Å². The van der Waals surface area contributed by atoms with Crippen molar-refractivity contribution in [1.82, 2.24) is 15.1 Å². The first kappa shape index (κ1) is 20.5. The molecule has 31 heavy (non-hydrogen) atoms. The quantitative estimate of drug-likeness (QED) is 0.615. The number of nitrogens with zero attached hydrogens (tertiary/aromatic N) is 2. The molecule has 2 aromatic carbocycles. The second-order valence-corrected chi connectivity index (χ2v) is 7.25. The number of carbonyl (C=O) groups excluding carboxylic acids is 2. The summed E-state index contributed by atoms with van der Waals surface area (Å²) in [6.45, 7) is 5.56. The third-order valence-corrected chi connectivity index (χ3v) is 5.05. The highest BCUT2D eigenvalue weighted by Gasteiger charge is 2.25. The lowest BCUT2D eigenvalue weighted by atomic mass is 10.2. The maximum Gasteiger partial charge on any atom is 0.342 e. The molecule has 1 amide bonds. The zero-order valence-electron chi connectivity index (χ0n) is 17.5. The summed E-state index contributed by atoms with van der Waals surface area (Å²) in [7, 11) is 0. The maximum atomic E-state index is 12.8. The Hall–Kier alpha value is -3.81. The summed E-state index contributed by atoms with van der Waals surface area (Å²) >= 11 is 0. The molecule has 3 aromatic rings. The summed E-state index contributed by atoms with van der Waals surface area (Å²) in [5, 5.41) is 7.22. The second kappa shape index (κ2) is 8.51. The van der Waals surface area contributed by atoms with E-state index >= 15 is 0 Å². The van der Waals surface area contributed by atoms with E-state index in [1.807, 2.05) is 42.5 Å². The van der Waals surface area contributed by atoms with Crippen LogP contribution in [0.3, 0.4) is 0 Å². The average molecular weight is 421 g/mol. The molecule has 0 saturated heterocycles. The van der Waals surface area contributed by atoms with Gasteiger partial charge in [-0.2, -0.15) is 5.10 Å². The van der Waals surface area contributed by atoms with E-state index in [1.165, 1.54) is 0 Å². The molecule has 0 unspecified atom stereocenters. The number of fused-ring (bicyclic) bond motifs is 1. The van der Waals surface area contributed by atoms with Crippen molar-refractivity contribution in [1.29, 1.82) is 0 Å². The number of rotatable bonds is 6. The van der Waals surface area contributed by atoms with Crippen molar-refractivity contribution in [2.24, 2.45) is 0 Å². The third kappa shape index (κ3) is 4.23. The lowest BCUT2D eigenvalue weighted by Gasteiger charge is -2.14. The Bertz CT molecular complexity index is 1120. The largest absolute Gasteiger partial charge is 0.454 e. The van der Waals surface area contributed by atoms with Crippen molar-refractivity contribution < 1.29 is 23.8 Å². The van der Waals surface area contributed by atoms with Crippen LogP contribution < -0.4 is 14.8 Å². The first-order chi connectivity index (χ1) is 14.9. The van der Waals surface area contributed by atoms with Crippen molar-refractivity contribution in [3.8, 4) is 17.2 Å². The number of benzene rings is 2. The second-order valence-electron chi connectivity index (χ2n) is 7.25. The molecular weight excluding hydrogens is 398 g/mol. The number of ether oxygens (including phenoxy) is 3. The Morgan fingerprint density at radius 2 is 1.87 bits per heavy atom. The van der Waals surface area contributed by atoms with Crippen molar-refractivity contribution in [3.63, 3.8) is 0 Å². The number of aromatic nitrogens is 2. The van der Waals surface area contributed by atoms with Crippen molar-refractivity contribution in [2.45, 2.75) is 33.4 Å². The van der Waals surface area contributed by atoms with Crippen LogP contribution in [0.2, 0.25) is 0 Å². The highest BCUT2D eigenvalue weighted by Crippen LogP contribution is 2.32. The molecule has 1 N–H and O–H groups in total. The molecule has 0 aliphatic carbocycles. The molecule has 1 aromatic heterocycles. The molecule has 1 atom stereocenters. The Balaban J connectivity index is 1.39. The Labute approximate surface area is 179 Å². The van der Waals surface area contributed by atoms with E-state index in [4.69, 9.17) is 14.2 Å². The van der Waals surface area contributed by atoms with Crippen LogP contribution in [-0.2, 0) is 16.1 Å². The molecule has 0 fully saturated rings. The van der Waals surface area contributed by atoms with E-state index in [-0.39, 0.29) is 13.3 Å². The molecule has 0 spiro atoms. The van der Waals surface area contributed by atoms with Crippen molar-refractivity contribution in [3.05, 3.63) is 71.0 Å². The van der Waals surface area contributed by atoms with Gasteiger partial charge in [0, 0.05) is 6.54 Å². The van der Waals surface area contributed by atoms with Crippen molar-refractivity contribution in [2.75, 3.05) is 6.79 Å². The summed E-state index contributed by atoms with van der Waals surface area (Å²) in [5.74, 6) is 0.353. The molecule has 160 valence electrons. The standard InChI is InChI=1S/C23H23N3O5/c1-14-21(15(2)26(25-14)18-7-5-4-6-8-18)23(28)31-16(3)22(27)24-12-17-9-10-19-20(11-17)30-13-29-19/h4-11,16H,12-13H2,1-3H3,(H,24,27)/t16-/m0/s1. The fourth-order valence-corrected chi connectivity index (χ4v) is 3.42. The number of aryl methyl sites for hydroxylation is 1. The average Bonchev–Trinajstić information content (AvgIpc) is 3.35. The zero-order valence-corrected chi connectivity index (χ0v) is 17.5. The molecule has 2 heterocycles. The number of hydrogen-bond donors (Lipinski definition) is 1. The maximum absolute atomic E-state index is 12.8. The Morgan fingerprint density at radius 1 is 1.13 bits per heavy atom. The summed E-state index contributed by atoms with van der Waals surface area (Å²) in [6, 6.07) is 15.0. The van der Waals surface area contributed by atoms with Gasteiger partial charge in [0.1, 0.15) is 5.56 Å². The van der Waals surface area contributed by atoms with E-state index in [2.05, 4.69) is 10.4 Å². The Morgan fingerprint density at radius 3 is 2.65 bits per heavy atom. The number of para-hydroxylation sites is 1. The van der Waals surface area contributed by atoms with Gasteiger partial charge in [0.15, 0.2) is 17.6 Å². The van der Waals surface area contributed by atoms with Crippen LogP contribution >= 0.6 is 0 Å². The minimum Gasteiger partial charge on any atom is -0.454 e. The number of nitrogens with one attached hydrogen (secondary N) is 1. The minimum atomic E-state index is -0.958. The molecule has 0 saturated carbocycles. The van der Waals surface area contributed by atoms with Crippen LogP contribution in [0.4, 0.5) is 0 Å². The molecule has 1 aliphatic rings. The predicted molar refractivity (Wildman–Crippen MR) is 112 cm³/mol. The summed E-state index contributed by atoms with van der Waals surface area (Å²) < 4.78 is 17.7. The zero-order chi connectivity index (χ0) is 22.0. The van der Waals surface area contributed by atoms with E-state index < -0.39 is 18.0 Å². The van der Waals surface area contributed by atoms with Crippen LogP contribution in [0.1, 0.15) is 34.2 Å². The van der Waals surface area contributed by atoms with Crippen LogP contribution in [0.25, 0.3) is 5.69 Å². The molecular formula is C23H23N3O5. The smallest absolute Gasteiger partial charge is 0.342 e. The lowest BCUT2D eigenvalue weighted by molar-refractivity contribution is -0.129. The summed E-state index contributed by atoms with van der Waals surface area (Å²) in [6.07, 6.45) is -0.958. The molecule has 1 aliphatic heterocycles. The lowest BCUT2D eigenvalue weighted by Crippen LogP contribution is -2.35. The van der Waals surface area contributed by atoms with Gasteiger partial charge in [-0.1, -0.05) is 24.3 Å². The van der Waals surface area contributed by atoms with Gasteiger partial charge in [-0.3, -0.25) is 4.79 Å². The van der Waals surface area contributed by atoms with Crippen LogP contribution in [0.15, 0.2) is 48.5 Å². The highest BCUT2D eigenvalue weighted by atomic mass is 16.7. The number of carbonyl (C=O) groups is 2. The molecule has 4 rings (SSSR count). The fraction of sp³-hybridized carbons (Fsp3) is 0.261. The van der Waals surface area contributed by atoms with Gasteiger partial charge in [-0.15, -0.1) is 0 Å². The van der Waals surface area contributed by atoms with Crippen LogP contribution in [-0.4, -0.2) is 34.6 Å². The van der Waals surface area contributed by atoms with Crippen LogP contribution in [0.5, 0.6) is 11.5 Å². The molecule has 0 radical (unpaired) electrons. The SMILES string of the molecule is Cc1nn(-c2ccccc2)c(C)c1C(=O)O[C@@H](C)C(=O)NCc1ccc2c(c1)OCO2. The van der Waals surface area contributed by atoms with E-state index in [0.29, 0.717) is 28.5 Å².